The molecule has 2 amide bonds. The third kappa shape index (κ3) is 22.9. The second-order valence-electron chi connectivity index (χ2n) is 21.3. The maximum atomic E-state index is 12.1. The van der Waals surface area contributed by atoms with E-state index in [1.807, 2.05) is 178 Å². The lowest BCUT2D eigenvalue weighted by Gasteiger charge is -2.10. The van der Waals surface area contributed by atoms with Gasteiger partial charge < -0.3 is 60.5 Å². The summed E-state index contributed by atoms with van der Waals surface area (Å²) in [6, 6.07) is 73.6. The van der Waals surface area contributed by atoms with E-state index in [1.54, 1.807) is 109 Å². The van der Waals surface area contributed by atoms with Crippen LogP contribution in [0.4, 0.5) is 57.9 Å². The quantitative estimate of drug-likeness (QED) is 0.0217. The minimum absolute atomic E-state index is 0.0408. The van der Waals surface area contributed by atoms with Crippen molar-refractivity contribution in [2.75, 3.05) is 52.5 Å². The molecule has 23 nitrogen and oxygen atoms in total. The molecular formula is C77H67N15O8. The van der Waals surface area contributed by atoms with Gasteiger partial charge in [-0.3, -0.25) is 14.4 Å². The van der Waals surface area contributed by atoms with Gasteiger partial charge in [0.25, 0.3) is 0 Å². The summed E-state index contributed by atoms with van der Waals surface area (Å²) in [7, 11) is 3.86. The summed E-state index contributed by atoms with van der Waals surface area (Å²) in [5.41, 5.74) is 2.25. The fraction of sp³-hybridized carbons (Fsp3) is 0.0519. The van der Waals surface area contributed by atoms with E-state index in [9.17, 15) is 14.4 Å². The fourth-order valence-corrected chi connectivity index (χ4v) is 8.71. The van der Waals surface area contributed by atoms with Crippen molar-refractivity contribution in [2.45, 2.75) is 6.92 Å². The van der Waals surface area contributed by atoms with Crippen LogP contribution >= 0.6 is 0 Å². The third-order valence-electron chi connectivity index (χ3n) is 13.3. The first-order chi connectivity index (χ1) is 48.9. The van der Waals surface area contributed by atoms with Gasteiger partial charge in [-0.2, -0.15) is 0 Å². The Morgan fingerprint density at radius 2 is 0.770 bits per heavy atom. The second kappa shape index (κ2) is 36.1. The standard InChI is InChI=1S/C27H26N6O3.C26H22N4O2.C24H19N5O3/c1-33(2)17-7-12-26(34)32-24-11-6-10-23(30-24)31-25-18-27(29-19-28-25)36-22-15-13-21(14-16-22)35-20-8-4-3-5-9-20;1-2-7-24(31)19-8-6-9-21(16-19)30-26-17-25(27-18-28-26)29-20-12-14-23(15-13-20)32-22-10-4-3-5-11-22;1-2-23(30)29-21-10-6-9-20(27-21)28-22-15-24(26-16-25-22)32-19-13-11-18(12-14-19)31-17-7-4-3-5-8-17/h3-16,18-19H,17H2,1-2H3,(H2,28,29,30,31,32,34);2-18H,1H3,(H2,27,28,29,30);2-16H,1H2,(H2,25,26,27,28,29,30)/b12-7+;;. The summed E-state index contributed by atoms with van der Waals surface area (Å²) >= 11 is 0. The zero-order chi connectivity index (χ0) is 69.5. The number of benzene rings is 7. The Bertz CT molecular complexity index is 4690. The van der Waals surface area contributed by atoms with E-state index in [-0.39, 0.29) is 17.6 Å². The van der Waals surface area contributed by atoms with Gasteiger partial charge in [0.1, 0.15) is 112 Å². The zero-order valence-corrected chi connectivity index (χ0v) is 54.4. The van der Waals surface area contributed by atoms with Crippen molar-refractivity contribution in [1.29, 1.82) is 0 Å². The number of allylic oxidation sites excluding steroid dienone is 2. The normalized spacial score (nSPS) is 10.6. The van der Waals surface area contributed by atoms with E-state index in [4.69, 9.17) is 23.7 Å². The van der Waals surface area contributed by atoms with Gasteiger partial charge in [-0.25, -0.2) is 39.9 Å². The monoisotopic (exact) mass is 1330 g/mol. The molecule has 0 saturated carbocycles. The van der Waals surface area contributed by atoms with E-state index in [0.29, 0.717) is 93.4 Å². The van der Waals surface area contributed by atoms with Gasteiger partial charge in [-0.1, -0.05) is 97.6 Å². The average Bonchev–Trinajstić information content (AvgIpc) is 0.881. The van der Waals surface area contributed by atoms with Crippen LogP contribution in [0.1, 0.15) is 17.3 Å². The average molecular weight is 1330 g/mol. The first-order valence-corrected chi connectivity index (χ1v) is 31.1. The minimum Gasteiger partial charge on any atom is -0.457 e. The van der Waals surface area contributed by atoms with Crippen LogP contribution in [0.5, 0.6) is 57.8 Å². The van der Waals surface area contributed by atoms with Crippen LogP contribution in [0.15, 0.2) is 299 Å². The summed E-state index contributed by atoms with van der Waals surface area (Å²) in [5.74, 6) is 9.79. The number of rotatable bonds is 26. The van der Waals surface area contributed by atoms with E-state index >= 15 is 0 Å². The highest BCUT2D eigenvalue weighted by molar-refractivity contribution is 6.05. The lowest BCUT2D eigenvalue weighted by molar-refractivity contribution is -0.112. The number of aromatic nitrogens is 8. The van der Waals surface area contributed by atoms with Crippen molar-refractivity contribution in [3.63, 3.8) is 0 Å². The number of para-hydroxylation sites is 3. The fourth-order valence-electron chi connectivity index (χ4n) is 8.71. The molecule has 12 rings (SSSR count). The van der Waals surface area contributed by atoms with E-state index < -0.39 is 0 Å². The highest BCUT2D eigenvalue weighted by Gasteiger charge is 2.11. The molecule has 100 heavy (non-hydrogen) atoms. The molecule has 0 aliphatic rings. The van der Waals surface area contributed by atoms with Crippen molar-refractivity contribution < 1.29 is 38.1 Å². The summed E-state index contributed by atoms with van der Waals surface area (Å²) in [6.07, 6.45) is 12.0. The molecule has 6 N–H and O–H groups in total. The number of amides is 2. The molecule has 5 aromatic heterocycles. The third-order valence-corrected chi connectivity index (χ3v) is 13.3. The Kier molecular flexibility index (Phi) is 24.9. The van der Waals surface area contributed by atoms with Crippen LogP contribution in [-0.2, 0) is 9.59 Å². The Balaban J connectivity index is 0.000000162. The molecule has 12 aromatic rings. The summed E-state index contributed by atoms with van der Waals surface area (Å²) in [4.78, 5) is 71.5. The topological polar surface area (TPSA) is 276 Å². The van der Waals surface area contributed by atoms with Crippen LogP contribution in [0.2, 0.25) is 0 Å². The molecule has 7 aromatic carbocycles. The molecule has 0 radical (unpaired) electrons. The molecule has 0 aliphatic heterocycles. The number of nitrogens with zero attached hydrogens (tertiary/aromatic N) is 9. The maximum Gasteiger partial charge on any atom is 0.249 e. The van der Waals surface area contributed by atoms with Gasteiger partial charge in [0.2, 0.25) is 23.6 Å². The Hall–Kier alpha value is -13.9. The highest BCUT2D eigenvalue weighted by Crippen LogP contribution is 2.31. The van der Waals surface area contributed by atoms with Gasteiger partial charge in [-0.15, -0.1) is 0 Å². The van der Waals surface area contributed by atoms with Crippen molar-refractivity contribution in [3.05, 3.63) is 304 Å². The van der Waals surface area contributed by atoms with Crippen LogP contribution in [-0.4, -0.2) is 83.0 Å². The number of pyridine rings is 2. The molecule has 5 heterocycles. The van der Waals surface area contributed by atoms with E-state index in [1.165, 1.54) is 31.1 Å². The Morgan fingerprint density at radius 3 is 1.22 bits per heavy atom. The number of hydrogen-bond acceptors (Lipinski definition) is 21. The molecule has 0 bridgehead atoms. The number of carbonyl (C=O) groups is 3. The number of ether oxygens (including phenoxy) is 5. The van der Waals surface area contributed by atoms with Gasteiger partial charge in [0.05, 0.1) is 0 Å². The number of anilines is 10. The van der Waals surface area contributed by atoms with Crippen LogP contribution in [0, 0.1) is 0 Å². The number of carbonyl (C=O) groups excluding carboxylic acids is 3. The van der Waals surface area contributed by atoms with Crippen LogP contribution in [0.25, 0.3) is 0 Å². The first kappa shape index (κ1) is 68.9. The smallest absolute Gasteiger partial charge is 0.249 e. The molecular weight excluding hydrogens is 1260 g/mol. The molecule has 0 saturated heterocycles. The van der Waals surface area contributed by atoms with Crippen molar-refractivity contribution in [1.82, 2.24) is 44.8 Å². The van der Waals surface area contributed by atoms with E-state index in [2.05, 4.69) is 78.4 Å². The molecule has 0 atom stereocenters. The van der Waals surface area contributed by atoms with Crippen molar-refractivity contribution in [2.24, 2.45) is 0 Å². The minimum atomic E-state index is -0.340. The summed E-state index contributed by atoms with van der Waals surface area (Å²) in [6.45, 7) is 5.91. The van der Waals surface area contributed by atoms with Crippen molar-refractivity contribution in [3.8, 4) is 57.8 Å². The van der Waals surface area contributed by atoms with Gasteiger partial charge in [-0.05, 0) is 179 Å². The SMILES string of the molecule is C=CC(=O)Nc1cccc(Nc2cc(Oc3ccc(Oc4ccccc4)cc3)ncn2)n1.CC=CC(=O)c1cccc(Nc2cc(Nc3ccc(Oc4ccccc4)cc3)ncn2)c1.CN(C)C/C=C/C(=O)Nc1cccc(Nc2cc(Oc3ccc(Oc4ccccc4)cc3)ncn2)n1. The second-order valence-corrected chi connectivity index (χ2v) is 21.3. The lowest BCUT2D eigenvalue weighted by Crippen LogP contribution is -2.13. The zero-order valence-electron chi connectivity index (χ0n) is 54.4. The number of likely N-dealkylation sites (N-methyl/N-ethyl adjacent to an activating group) is 1. The highest BCUT2D eigenvalue weighted by atomic mass is 16.5. The predicted molar refractivity (Wildman–Crippen MR) is 387 cm³/mol. The van der Waals surface area contributed by atoms with Gasteiger partial charge >= 0.3 is 0 Å². The Morgan fingerprint density at radius 1 is 0.380 bits per heavy atom. The lowest BCUT2D eigenvalue weighted by atomic mass is 10.1. The number of nitrogens with one attached hydrogen (secondary N) is 6. The van der Waals surface area contributed by atoms with Crippen molar-refractivity contribution >= 4 is 75.5 Å². The van der Waals surface area contributed by atoms with Crippen LogP contribution < -0.4 is 55.6 Å². The molecule has 0 spiro atoms. The molecule has 0 fully saturated rings. The van der Waals surface area contributed by atoms with Gasteiger partial charge in [0.15, 0.2) is 5.78 Å². The molecule has 0 aliphatic carbocycles. The number of hydrogen-bond donors (Lipinski definition) is 6. The molecule has 0 unspecified atom stereocenters. The van der Waals surface area contributed by atoms with Crippen LogP contribution in [0.3, 0.4) is 0 Å². The largest absolute Gasteiger partial charge is 0.457 e. The molecule has 498 valence electrons. The first-order valence-electron chi connectivity index (χ1n) is 31.1. The van der Waals surface area contributed by atoms with E-state index in [0.717, 1.165) is 34.4 Å². The van der Waals surface area contributed by atoms with Gasteiger partial charge in [0, 0.05) is 47.8 Å². The molecule has 23 heteroatoms. The predicted octanol–water partition coefficient (Wildman–Crippen LogP) is 17.1. The summed E-state index contributed by atoms with van der Waals surface area (Å²) < 4.78 is 29.1. The number of ketones is 1. The summed E-state index contributed by atoms with van der Waals surface area (Å²) in [5, 5.41) is 18.0. The Labute approximate surface area is 577 Å². The maximum absolute atomic E-state index is 12.1.